The van der Waals surface area contributed by atoms with E-state index in [1.165, 1.54) is 43.4 Å². The molecule has 0 heterocycles. The molecule has 0 spiro atoms. The molecule has 0 radical (unpaired) electrons. The van der Waals surface area contributed by atoms with Crippen molar-refractivity contribution in [3.8, 4) is 11.5 Å². The normalized spacial score (nSPS) is 11.5. The second-order valence-electron chi connectivity index (χ2n) is 7.56. The Hall–Kier alpha value is -3.61. The Morgan fingerprint density at radius 1 is 0.806 bits per heavy atom. The number of carbonyl (C=O) groups excluding carboxylic acids is 1. The first-order valence-electron chi connectivity index (χ1n) is 10.9. The maximum atomic E-state index is 12.6. The summed E-state index contributed by atoms with van der Waals surface area (Å²) in [5.74, 6) is 0.413. The second kappa shape index (κ2) is 11.4. The lowest BCUT2D eigenvalue weighted by Gasteiger charge is -2.12. The van der Waals surface area contributed by atoms with Crippen molar-refractivity contribution in [2.24, 2.45) is 0 Å². The van der Waals surface area contributed by atoms with Gasteiger partial charge in [-0.25, -0.2) is 21.6 Å². The van der Waals surface area contributed by atoms with Gasteiger partial charge in [0.25, 0.3) is 15.9 Å². The van der Waals surface area contributed by atoms with Gasteiger partial charge in [-0.15, -0.1) is 0 Å². The number of carbonyl (C=O) groups is 1. The second-order valence-corrected chi connectivity index (χ2v) is 11.1. The van der Waals surface area contributed by atoms with E-state index >= 15 is 0 Å². The van der Waals surface area contributed by atoms with Crippen molar-refractivity contribution in [3.05, 3.63) is 72.3 Å². The summed E-state index contributed by atoms with van der Waals surface area (Å²) in [7, 11) is -6.19. The van der Waals surface area contributed by atoms with Gasteiger partial charge in [0.15, 0.2) is 6.61 Å². The highest BCUT2D eigenvalue weighted by atomic mass is 32.2. The lowest BCUT2D eigenvalue weighted by atomic mass is 10.2. The van der Waals surface area contributed by atoms with Crippen LogP contribution in [-0.2, 0) is 24.8 Å². The SMILES string of the molecule is CCOc1ccc(NS(=O)(=O)c2ccc(OCC(=O)Nc3cc(S(=O)(=O)NC)ccc3C)cc2)cc1. The molecule has 0 bridgehead atoms. The van der Waals surface area contributed by atoms with E-state index in [4.69, 9.17) is 9.47 Å². The van der Waals surface area contributed by atoms with Crippen molar-refractivity contribution in [2.45, 2.75) is 23.6 Å². The molecular formula is C24H27N3O7S2. The average Bonchev–Trinajstić information content (AvgIpc) is 2.85. The number of nitrogens with one attached hydrogen (secondary N) is 3. The average molecular weight is 534 g/mol. The van der Waals surface area contributed by atoms with Crippen LogP contribution < -0.4 is 24.2 Å². The Balaban J connectivity index is 1.60. The lowest BCUT2D eigenvalue weighted by molar-refractivity contribution is -0.118. The third-order valence-electron chi connectivity index (χ3n) is 4.98. The predicted molar refractivity (Wildman–Crippen MR) is 136 cm³/mol. The highest BCUT2D eigenvalue weighted by molar-refractivity contribution is 7.92. The summed E-state index contributed by atoms with van der Waals surface area (Å²) in [4.78, 5) is 12.4. The number of amides is 1. The summed E-state index contributed by atoms with van der Waals surface area (Å²) in [6.45, 7) is 3.73. The molecule has 1 amide bonds. The van der Waals surface area contributed by atoms with Gasteiger partial charge in [-0.1, -0.05) is 6.07 Å². The van der Waals surface area contributed by atoms with Crippen LogP contribution in [-0.4, -0.2) is 43.0 Å². The Morgan fingerprint density at radius 3 is 2.00 bits per heavy atom. The quantitative estimate of drug-likeness (QED) is 0.344. The molecule has 192 valence electrons. The third-order valence-corrected chi connectivity index (χ3v) is 7.79. The molecule has 0 aliphatic heterocycles. The summed E-state index contributed by atoms with van der Waals surface area (Å²) < 4.78 is 64.8. The molecule has 0 aliphatic carbocycles. The van der Waals surface area contributed by atoms with E-state index in [-0.39, 0.29) is 22.1 Å². The molecule has 0 aromatic heterocycles. The Kier molecular flexibility index (Phi) is 8.56. The lowest BCUT2D eigenvalue weighted by Crippen LogP contribution is -2.22. The molecule has 0 aliphatic rings. The number of ether oxygens (including phenoxy) is 2. The number of benzene rings is 3. The van der Waals surface area contributed by atoms with Crippen molar-refractivity contribution < 1.29 is 31.1 Å². The molecule has 10 nitrogen and oxygen atoms in total. The Morgan fingerprint density at radius 2 is 1.39 bits per heavy atom. The Bertz CT molecular complexity index is 1420. The summed E-state index contributed by atoms with van der Waals surface area (Å²) in [6, 6.07) is 16.5. The minimum Gasteiger partial charge on any atom is -0.494 e. The van der Waals surface area contributed by atoms with Gasteiger partial charge in [0.2, 0.25) is 10.0 Å². The van der Waals surface area contributed by atoms with E-state index in [0.717, 1.165) is 0 Å². The minimum atomic E-state index is -3.83. The smallest absolute Gasteiger partial charge is 0.262 e. The molecule has 0 saturated heterocycles. The van der Waals surface area contributed by atoms with Crippen LogP contribution in [0.25, 0.3) is 0 Å². The Labute approximate surface area is 210 Å². The van der Waals surface area contributed by atoms with Crippen LogP contribution in [0.15, 0.2) is 76.5 Å². The molecule has 0 unspecified atom stereocenters. The van der Waals surface area contributed by atoms with Crippen molar-refractivity contribution in [1.29, 1.82) is 0 Å². The van der Waals surface area contributed by atoms with E-state index in [9.17, 15) is 21.6 Å². The zero-order valence-electron chi connectivity index (χ0n) is 19.9. The minimum absolute atomic E-state index is 0.0162. The third kappa shape index (κ3) is 6.97. The van der Waals surface area contributed by atoms with Crippen LogP contribution in [0.2, 0.25) is 0 Å². The number of anilines is 2. The van der Waals surface area contributed by atoms with E-state index in [1.807, 2.05) is 6.92 Å². The summed E-state index contributed by atoms with van der Waals surface area (Å²) in [5.41, 5.74) is 1.40. The van der Waals surface area contributed by atoms with Gasteiger partial charge in [-0.3, -0.25) is 9.52 Å². The topological polar surface area (TPSA) is 140 Å². The molecular weight excluding hydrogens is 506 g/mol. The number of rotatable bonds is 11. The zero-order valence-corrected chi connectivity index (χ0v) is 21.6. The monoisotopic (exact) mass is 533 g/mol. The maximum Gasteiger partial charge on any atom is 0.262 e. The van der Waals surface area contributed by atoms with Crippen molar-refractivity contribution in [1.82, 2.24) is 4.72 Å². The first kappa shape index (κ1) is 27.0. The fourth-order valence-corrected chi connectivity index (χ4v) is 4.89. The van der Waals surface area contributed by atoms with Crippen LogP contribution in [0.1, 0.15) is 12.5 Å². The molecule has 3 rings (SSSR count). The van der Waals surface area contributed by atoms with Crippen LogP contribution in [0.3, 0.4) is 0 Å². The highest BCUT2D eigenvalue weighted by Gasteiger charge is 2.16. The van der Waals surface area contributed by atoms with Gasteiger partial charge in [0, 0.05) is 11.4 Å². The van der Waals surface area contributed by atoms with Gasteiger partial charge < -0.3 is 14.8 Å². The van der Waals surface area contributed by atoms with Gasteiger partial charge >= 0.3 is 0 Å². The largest absolute Gasteiger partial charge is 0.494 e. The van der Waals surface area contributed by atoms with Crippen molar-refractivity contribution in [2.75, 3.05) is 30.3 Å². The molecule has 0 saturated carbocycles. The van der Waals surface area contributed by atoms with Crippen LogP contribution in [0.5, 0.6) is 11.5 Å². The number of sulfonamides is 2. The molecule has 3 aromatic rings. The van der Waals surface area contributed by atoms with Gasteiger partial charge in [0.05, 0.1) is 16.4 Å². The molecule has 0 atom stereocenters. The standard InChI is InChI=1S/C24H27N3O7S2/c1-4-33-19-8-6-18(7-9-19)27-36(31,32)21-13-10-20(11-14-21)34-16-24(28)26-23-15-22(12-5-17(23)2)35(29,30)25-3/h5-15,25,27H,4,16H2,1-3H3,(H,26,28). The predicted octanol–water partition coefficient (Wildman–Crippen LogP) is 3.12. The molecule has 3 aromatic carbocycles. The fourth-order valence-electron chi connectivity index (χ4n) is 3.07. The van der Waals surface area contributed by atoms with E-state index in [0.29, 0.717) is 29.3 Å². The molecule has 3 N–H and O–H groups in total. The van der Waals surface area contributed by atoms with Crippen LogP contribution in [0, 0.1) is 6.92 Å². The number of aryl methyl sites for hydroxylation is 1. The van der Waals surface area contributed by atoms with E-state index in [2.05, 4.69) is 14.8 Å². The molecule has 12 heteroatoms. The van der Waals surface area contributed by atoms with Gasteiger partial charge in [0.1, 0.15) is 11.5 Å². The summed E-state index contributed by atoms with van der Waals surface area (Å²) in [6.07, 6.45) is 0. The highest BCUT2D eigenvalue weighted by Crippen LogP contribution is 2.22. The van der Waals surface area contributed by atoms with E-state index < -0.39 is 26.0 Å². The number of hydrogen-bond donors (Lipinski definition) is 3. The molecule has 0 fully saturated rings. The molecule has 36 heavy (non-hydrogen) atoms. The van der Waals surface area contributed by atoms with Crippen LogP contribution in [0.4, 0.5) is 11.4 Å². The maximum absolute atomic E-state index is 12.6. The first-order valence-corrected chi connectivity index (χ1v) is 13.8. The zero-order chi connectivity index (χ0) is 26.3. The summed E-state index contributed by atoms with van der Waals surface area (Å²) >= 11 is 0. The van der Waals surface area contributed by atoms with Crippen molar-refractivity contribution >= 4 is 37.3 Å². The number of hydrogen-bond acceptors (Lipinski definition) is 7. The van der Waals surface area contributed by atoms with Crippen LogP contribution >= 0.6 is 0 Å². The van der Waals surface area contributed by atoms with Gasteiger partial charge in [-0.2, -0.15) is 0 Å². The van der Waals surface area contributed by atoms with Crippen molar-refractivity contribution in [3.63, 3.8) is 0 Å². The first-order chi connectivity index (χ1) is 17.0. The fraction of sp³-hybridized carbons (Fsp3) is 0.208. The van der Waals surface area contributed by atoms with Gasteiger partial charge in [-0.05, 0) is 87.1 Å². The summed E-state index contributed by atoms with van der Waals surface area (Å²) in [5, 5.41) is 2.62. The van der Waals surface area contributed by atoms with E-state index in [1.54, 1.807) is 37.3 Å².